The molecule has 0 aliphatic carbocycles. The lowest BCUT2D eigenvalue weighted by molar-refractivity contribution is -0.128. The van der Waals surface area contributed by atoms with E-state index in [0.717, 1.165) is 5.56 Å². The Morgan fingerprint density at radius 2 is 2.00 bits per heavy atom. The molecule has 3 heteroatoms. The summed E-state index contributed by atoms with van der Waals surface area (Å²) in [7, 11) is 1.51. The summed E-state index contributed by atoms with van der Waals surface area (Å²) in [6.45, 7) is 1.80. The molecule has 0 fully saturated rings. The first-order valence-corrected chi connectivity index (χ1v) is 4.53. The first-order valence-electron chi connectivity index (χ1n) is 4.53. The molecular weight excluding hydrogens is 180 g/mol. The second kappa shape index (κ2) is 4.77. The van der Waals surface area contributed by atoms with Crippen LogP contribution in [0.4, 0.5) is 0 Å². The van der Waals surface area contributed by atoms with Crippen molar-refractivity contribution in [3.8, 4) is 5.75 Å². The molecule has 0 aliphatic heterocycles. The van der Waals surface area contributed by atoms with Gasteiger partial charge < -0.3 is 9.84 Å². The van der Waals surface area contributed by atoms with Crippen molar-refractivity contribution in [2.24, 2.45) is 0 Å². The molecule has 0 aliphatic rings. The van der Waals surface area contributed by atoms with Crippen molar-refractivity contribution in [1.29, 1.82) is 0 Å². The molecule has 1 rings (SSSR count). The van der Waals surface area contributed by atoms with Crippen LogP contribution >= 0.6 is 0 Å². The third-order valence-electron chi connectivity index (χ3n) is 2.07. The summed E-state index contributed by atoms with van der Waals surface area (Å²) >= 11 is 0. The number of aromatic hydroxyl groups is 1. The average Bonchev–Trinajstić information content (AvgIpc) is 2.21. The Hall–Kier alpha value is -1.35. The highest BCUT2D eigenvalue weighted by Gasteiger charge is 2.17. The van der Waals surface area contributed by atoms with E-state index in [-0.39, 0.29) is 11.5 Å². The summed E-state index contributed by atoms with van der Waals surface area (Å²) in [5, 5.41) is 9.08. The maximum absolute atomic E-state index is 11.4. The van der Waals surface area contributed by atoms with E-state index in [1.165, 1.54) is 7.11 Å². The first kappa shape index (κ1) is 10.7. The van der Waals surface area contributed by atoms with Gasteiger partial charge in [-0.25, -0.2) is 0 Å². The minimum Gasteiger partial charge on any atom is -0.508 e. The Morgan fingerprint density at radius 3 is 2.43 bits per heavy atom. The minimum absolute atomic E-state index is 0.0400. The molecule has 1 atom stereocenters. The number of Topliss-reactive ketones (excluding diaryl/α,β-unsaturated/α-hetero) is 1. The Labute approximate surface area is 83.3 Å². The van der Waals surface area contributed by atoms with E-state index in [9.17, 15) is 4.79 Å². The van der Waals surface area contributed by atoms with E-state index in [4.69, 9.17) is 9.84 Å². The van der Waals surface area contributed by atoms with Crippen molar-refractivity contribution in [2.75, 3.05) is 7.11 Å². The largest absolute Gasteiger partial charge is 0.508 e. The highest BCUT2D eigenvalue weighted by atomic mass is 16.5. The van der Waals surface area contributed by atoms with Crippen LogP contribution in [-0.4, -0.2) is 18.0 Å². The molecule has 0 radical (unpaired) electrons. The smallest absolute Gasteiger partial charge is 0.165 e. The van der Waals surface area contributed by atoms with Crippen LogP contribution in [0.2, 0.25) is 0 Å². The predicted molar refractivity (Wildman–Crippen MR) is 53.2 cm³/mol. The van der Waals surface area contributed by atoms with E-state index in [1.54, 1.807) is 31.2 Å². The van der Waals surface area contributed by atoms with Gasteiger partial charge in [0.15, 0.2) is 5.78 Å². The third kappa shape index (κ3) is 2.33. The first-order chi connectivity index (χ1) is 6.69. The molecule has 0 amide bonds. The summed E-state index contributed by atoms with van der Waals surface area (Å²) in [6, 6.07) is 6.47. The van der Waals surface area contributed by atoms with Crippen LogP contribution in [0.25, 0.3) is 0 Å². The molecule has 0 saturated heterocycles. The van der Waals surface area contributed by atoms with Gasteiger partial charge in [-0.3, -0.25) is 4.79 Å². The predicted octanol–water partition coefficient (Wildman–Crippen LogP) is 2.06. The molecule has 3 nitrogen and oxygen atoms in total. The molecule has 76 valence electrons. The number of hydrogen-bond donors (Lipinski definition) is 1. The maximum Gasteiger partial charge on any atom is 0.165 e. The van der Waals surface area contributed by atoms with Crippen LogP contribution in [0.15, 0.2) is 24.3 Å². The standard InChI is InChI=1S/C11H14O3/c1-3-10(13)11(14-2)8-4-6-9(12)7-5-8/h4-7,11-12H,3H2,1-2H3. The quantitative estimate of drug-likeness (QED) is 0.798. The van der Waals surface area contributed by atoms with E-state index in [0.29, 0.717) is 6.42 Å². The number of hydrogen-bond acceptors (Lipinski definition) is 3. The second-order valence-corrected chi connectivity index (χ2v) is 3.03. The fourth-order valence-electron chi connectivity index (χ4n) is 1.29. The van der Waals surface area contributed by atoms with Crippen LogP contribution in [0.3, 0.4) is 0 Å². The van der Waals surface area contributed by atoms with Gasteiger partial charge in [-0.05, 0) is 17.7 Å². The van der Waals surface area contributed by atoms with Gasteiger partial charge >= 0.3 is 0 Å². The molecular formula is C11H14O3. The fourth-order valence-corrected chi connectivity index (χ4v) is 1.29. The third-order valence-corrected chi connectivity index (χ3v) is 2.07. The Balaban J connectivity index is 2.89. The number of benzene rings is 1. The maximum atomic E-state index is 11.4. The van der Waals surface area contributed by atoms with Crippen molar-refractivity contribution in [2.45, 2.75) is 19.4 Å². The summed E-state index contributed by atoms with van der Waals surface area (Å²) < 4.78 is 5.10. The van der Waals surface area contributed by atoms with Gasteiger partial charge in [0.05, 0.1) is 0 Å². The zero-order valence-electron chi connectivity index (χ0n) is 8.36. The second-order valence-electron chi connectivity index (χ2n) is 3.03. The Bertz CT molecular complexity index is 303. The zero-order chi connectivity index (χ0) is 10.6. The van der Waals surface area contributed by atoms with Gasteiger partial charge in [-0.1, -0.05) is 19.1 Å². The molecule has 1 N–H and O–H groups in total. The molecule has 0 saturated carbocycles. The monoisotopic (exact) mass is 194 g/mol. The van der Waals surface area contributed by atoms with Crippen LogP contribution in [0.5, 0.6) is 5.75 Å². The van der Waals surface area contributed by atoms with Gasteiger partial charge in [0.25, 0.3) is 0 Å². The number of phenolic OH excluding ortho intramolecular Hbond substituents is 1. The normalized spacial score (nSPS) is 12.4. The van der Waals surface area contributed by atoms with E-state index < -0.39 is 6.10 Å². The van der Waals surface area contributed by atoms with Gasteiger partial charge in [0.2, 0.25) is 0 Å². The van der Waals surface area contributed by atoms with E-state index in [2.05, 4.69) is 0 Å². The van der Waals surface area contributed by atoms with Crippen molar-refractivity contribution in [3.63, 3.8) is 0 Å². The minimum atomic E-state index is -0.513. The lowest BCUT2D eigenvalue weighted by Gasteiger charge is -2.13. The molecule has 0 bridgehead atoms. The van der Waals surface area contributed by atoms with Crippen molar-refractivity contribution >= 4 is 5.78 Å². The van der Waals surface area contributed by atoms with Crippen LogP contribution in [0, 0.1) is 0 Å². The van der Waals surface area contributed by atoms with Crippen molar-refractivity contribution in [3.05, 3.63) is 29.8 Å². The SMILES string of the molecule is CCC(=O)C(OC)c1ccc(O)cc1. The number of carbonyl (C=O) groups excluding carboxylic acids is 1. The van der Waals surface area contributed by atoms with Crippen LogP contribution in [-0.2, 0) is 9.53 Å². The summed E-state index contributed by atoms with van der Waals surface area (Å²) in [4.78, 5) is 11.4. The number of ether oxygens (including phenoxy) is 1. The highest BCUT2D eigenvalue weighted by molar-refractivity contribution is 5.84. The van der Waals surface area contributed by atoms with Crippen LogP contribution < -0.4 is 0 Å². The lowest BCUT2D eigenvalue weighted by Crippen LogP contribution is -2.13. The molecule has 1 aromatic carbocycles. The molecule has 14 heavy (non-hydrogen) atoms. The molecule has 0 aromatic heterocycles. The fraction of sp³-hybridized carbons (Fsp3) is 0.364. The van der Waals surface area contributed by atoms with Crippen molar-refractivity contribution < 1.29 is 14.6 Å². The molecule has 1 unspecified atom stereocenters. The summed E-state index contributed by atoms with van der Waals surface area (Å²) in [5.41, 5.74) is 0.775. The topological polar surface area (TPSA) is 46.5 Å². The molecule has 1 aromatic rings. The number of phenols is 1. The van der Waals surface area contributed by atoms with Crippen molar-refractivity contribution in [1.82, 2.24) is 0 Å². The van der Waals surface area contributed by atoms with Gasteiger partial charge in [0.1, 0.15) is 11.9 Å². The lowest BCUT2D eigenvalue weighted by atomic mass is 10.0. The average molecular weight is 194 g/mol. The van der Waals surface area contributed by atoms with Gasteiger partial charge in [0, 0.05) is 13.5 Å². The van der Waals surface area contributed by atoms with Gasteiger partial charge in [-0.15, -0.1) is 0 Å². The number of methoxy groups -OCH3 is 1. The number of ketones is 1. The van der Waals surface area contributed by atoms with E-state index in [1.807, 2.05) is 0 Å². The van der Waals surface area contributed by atoms with Crippen LogP contribution in [0.1, 0.15) is 25.0 Å². The Kier molecular flexibility index (Phi) is 3.65. The molecule has 0 spiro atoms. The summed E-state index contributed by atoms with van der Waals surface area (Å²) in [6.07, 6.45) is -0.0695. The van der Waals surface area contributed by atoms with E-state index >= 15 is 0 Å². The van der Waals surface area contributed by atoms with Gasteiger partial charge in [-0.2, -0.15) is 0 Å². The number of carbonyl (C=O) groups is 1. The summed E-state index contributed by atoms with van der Waals surface area (Å²) in [5.74, 6) is 0.228. The zero-order valence-corrected chi connectivity index (χ0v) is 8.36. The molecule has 0 heterocycles. The highest BCUT2D eigenvalue weighted by Crippen LogP contribution is 2.21. The Morgan fingerprint density at radius 1 is 1.43 bits per heavy atom. The number of rotatable bonds is 4.